The molecule has 0 aliphatic rings. The quantitative estimate of drug-likeness (QED) is 0.726. The van der Waals surface area contributed by atoms with Crippen molar-refractivity contribution in [2.24, 2.45) is 0 Å². The van der Waals surface area contributed by atoms with Crippen molar-refractivity contribution in [1.29, 1.82) is 0 Å². The Balaban J connectivity index is 2.63. The molecule has 0 aromatic carbocycles. The standard InChI is InChI=1S/C9H11ClN4/c1-9(2,3)8-11-5-4-6(10)13-14-7(5)12-8/h4H,1-3H3,(H,11,12,14). The minimum absolute atomic E-state index is 0.0207. The van der Waals surface area contributed by atoms with Crippen LogP contribution in [0.4, 0.5) is 0 Å². The van der Waals surface area contributed by atoms with Gasteiger partial charge in [0.1, 0.15) is 5.82 Å². The molecule has 0 saturated heterocycles. The second-order valence-electron chi connectivity index (χ2n) is 4.24. The van der Waals surface area contributed by atoms with Gasteiger partial charge in [0, 0.05) is 11.5 Å². The highest BCUT2D eigenvalue weighted by Crippen LogP contribution is 2.21. The number of fused-ring (bicyclic) bond motifs is 1. The number of aromatic amines is 1. The zero-order valence-corrected chi connectivity index (χ0v) is 9.05. The number of rotatable bonds is 0. The molecule has 0 aliphatic heterocycles. The van der Waals surface area contributed by atoms with E-state index in [9.17, 15) is 0 Å². The van der Waals surface area contributed by atoms with Crippen molar-refractivity contribution >= 4 is 22.8 Å². The van der Waals surface area contributed by atoms with Crippen molar-refractivity contribution in [2.75, 3.05) is 0 Å². The van der Waals surface area contributed by atoms with Crippen molar-refractivity contribution in [1.82, 2.24) is 20.2 Å². The summed E-state index contributed by atoms with van der Waals surface area (Å²) in [6, 6.07) is 1.73. The lowest BCUT2D eigenvalue weighted by Crippen LogP contribution is -2.12. The SMILES string of the molecule is CC(C)(C)c1nc2nnc(Cl)cc2[nH]1. The number of imidazole rings is 1. The molecule has 5 heteroatoms. The molecule has 0 bridgehead atoms. The van der Waals surface area contributed by atoms with Crippen molar-refractivity contribution < 1.29 is 0 Å². The molecule has 2 rings (SSSR count). The predicted octanol–water partition coefficient (Wildman–Crippen LogP) is 2.30. The molecule has 2 aromatic rings. The minimum atomic E-state index is -0.0207. The molecule has 0 fully saturated rings. The van der Waals surface area contributed by atoms with Gasteiger partial charge in [0.2, 0.25) is 0 Å². The molecule has 14 heavy (non-hydrogen) atoms. The van der Waals surface area contributed by atoms with E-state index in [2.05, 4.69) is 40.9 Å². The minimum Gasteiger partial charge on any atom is -0.340 e. The van der Waals surface area contributed by atoms with Crippen LogP contribution < -0.4 is 0 Å². The summed E-state index contributed by atoms with van der Waals surface area (Å²) in [6.45, 7) is 6.25. The van der Waals surface area contributed by atoms with Crippen molar-refractivity contribution in [2.45, 2.75) is 26.2 Å². The fourth-order valence-electron chi connectivity index (χ4n) is 1.15. The second-order valence-corrected chi connectivity index (χ2v) is 4.63. The summed E-state index contributed by atoms with van der Waals surface area (Å²) in [5, 5.41) is 8.00. The Bertz CT molecular complexity index is 469. The Morgan fingerprint density at radius 2 is 2.00 bits per heavy atom. The van der Waals surface area contributed by atoms with E-state index in [1.165, 1.54) is 0 Å². The molecule has 0 spiro atoms. The van der Waals surface area contributed by atoms with Crippen LogP contribution in [0.3, 0.4) is 0 Å². The van der Waals surface area contributed by atoms with Crippen LogP contribution in [0.5, 0.6) is 0 Å². The molecule has 0 saturated carbocycles. The summed E-state index contributed by atoms with van der Waals surface area (Å²) < 4.78 is 0. The Morgan fingerprint density at radius 3 is 2.64 bits per heavy atom. The van der Waals surface area contributed by atoms with Gasteiger partial charge in [-0.3, -0.25) is 0 Å². The number of hydrogen-bond donors (Lipinski definition) is 1. The van der Waals surface area contributed by atoms with Crippen molar-refractivity contribution in [3.05, 3.63) is 17.0 Å². The lowest BCUT2D eigenvalue weighted by atomic mass is 9.96. The van der Waals surface area contributed by atoms with E-state index in [0.29, 0.717) is 10.8 Å². The van der Waals surface area contributed by atoms with Crippen LogP contribution in [0.1, 0.15) is 26.6 Å². The Hall–Kier alpha value is -1.16. The maximum atomic E-state index is 5.72. The molecule has 1 N–H and O–H groups in total. The zero-order valence-electron chi connectivity index (χ0n) is 8.30. The third kappa shape index (κ3) is 1.57. The second kappa shape index (κ2) is 2.92. The van der Waals surface area contributed by atoms with Gasteiger partial charge in [-0.15, -0.1) is 10.2 Å². The van der Waals surface area contributed by atoms with E-state index in [0.717, 1.165) is 11.3 Å². The first-order chi connectivity index (χ1) is 6.47. The van der Waals surface area contributed by atoms with Crippen LogP contribution in [0, 0.1) is 0 Å². The molecular formula is C9H11ClN4. The largest absolute Gasteiger partial charge is 0.340 e. The van der Waals surface area contributed by atoms with Gasteiger partial charge in [-0.1, -0.05) is 32.4 Å². The number of hydrogen-bond acceptors (Lipinski definition) is 3. The number of nitrogens with zero attached hydrogens (tertiary/aromatic N) is 3. The van der Waals surface area contributed by atoms with Crippen molar-refractivity contribution in [3.8, 4) is 0 Å². The molecule has 74 valence electrons. The Kier molecular flexibility index (Phi) is 1.96. The molecule has 0 atom stereocenters. The smallest absolute Gasteiger partial charge is 0.200 e. The Morgan fingerprint density at radius 1 is 1.29 bits per heavy atom. The van der Waals surface area contributed by atoms with E-state index in [1.54, 1.807) is 6.07 Å². The molecule has 0 amide bonds. The molecule has 2 aromatic heterocycles. The highest BCUT2D eigenvalue weighted by Gasteiger charge is 2.18. The first kappa shape index (κ1) is 9.40. The summed E-state index contributed by atoms with van der Waals surface area (Å²) in [5.41, 5.74) is 1.42. The number of H-pyrrole nitrogens is 1. The van der Waals surface area contributed by atoms with Crippen LogP contribution in [-0.2, 0) is 5.41 Å². The molecule has 0 radical (unpaired) electrons. The number of aromatic nitrogens is 4. The van der Waals surface area contributed by atoms with Crippen LogP contribution >= 0.6 is 11.6 Å². The zero-order chi connectivity index (χ0) is 10.3. The topological polar surface area (TPSA) is 54.5 Å². The van der Waals surface area contributed by atoms with Crippen LogP contribution in [0.15, 0.2) is 6.07 Å². The summed E-state index contributed by atoms with van der Waals surface area (Å²) in [7, 11) is 0. The Labute approximate surface area is 86.7 Å². The lowest BCUT2D eigenvalue weighted by Gasteiger charge is -2.13. The average molecular weight is 211 g/mol. The maximum Gasteiger partial charge on any atom is 0.200 e. The van der Waals surface area contributed by atoms with Gasteiger partial charge < -0.3 is 4.98 Å². The highest BCUT2D eigenvalue weighted by atomic mass is 35.5. The van der Waals surface area contributed by atoms with E-state index in [1.807, 2.05) is 0 Å². The number of nitrogens with one attached hydrogen (secondary N) is 1. The highest BCUT2D eigenvalue weighted by molar-refractivity contribution is 6.29. The number of halogens is 1. The summed E-state index contributed by atoms with van der Waals surface area (Å²) in [4.78, 5) is 7.52. The lowest BCUT2D eigenvalue weighted by molar-refractivity contribution is 0.554. The van der Waals surface area contributed by atoms with Gasteiger partial charge in [0.15, 0.2) is 10.8 Å². The summed E-state index contributed by atoms with van der Waals surface area (Å²) in [5.74, 6) is 0.893. The van der Waals surface area contributed by atoms with E-state index < -0.39 is 0 Å². The van der Waals surface area contributed by atoms with E-state index >= 15 is 0 Å². The fraction of sp³-hybridized carbons (Fsp3) is 0.444. The summed E-state index contributed by atoms with van der Waals surface area (Å²) >= 11 is 5.72. The van der Waals surface area contributed by atoms with E-state index in [-0.39, 0.29) is 5.41 Å². The van der Waals surface area contributed by atoms with Gasteiger partial charge in [-0.2, -0.15) is 0 Å². The molecule has 0 aliphatic carbocycles. The van der Waals surface area contributed by atoms with Gasteiger partial charge in [0.25, 0.3) is 0 Å². The molecule has 2 heterocycles. The molecule has 4 nitrogen and oxygen atoms in total. The fourth-order valence-corrected chi connectivity index (χ4v) is 1.30. The van der Waals surface area contributed by atoms with Gasteiger partial charge in [-0.25, -0.2) is 4.98 Å². The first-order valence-corrected chi connectivity index (χ1v) is 4.74. The first-order valence-electron chi connectivity index (χ1n) is 4.36. The molecule has 0 unspecified atom stereocenters. The average Bonchev–Trinajstić information content (AvgIpc) is 2.45. The third-order valence-corrected chi connectivity index (χ3v) is 2.11. The monoisotopic (exact) mass is 210 g/mol. The van der Waals surface area contributed by atoms with E-state index in [4.69, 9.17) is 11.6 Å². The van der Waals surface area contributed by atoms with Crippen LogP contribution in [-0.4, -0.2) is 20.2 Å². The van der Waals surface area contributed by atoms with Crippen LogP contribution in [0.2, 0.25) is 5.15 Å². The maximum absolute atomic E-state index is 5.72. The predicted molar refractivity (Wildman–Crippen MR) is 55.4 cm³/mol. The van der Waals surface area contributed by atoms with Crippen molar-refractivity contribution in [3.63, 3.8) is 0 Å². The summed E-state index contributed by atoms with van der Waals surface area (Å²) in [6.07, 6.45) is 0. The van der Waals surface area contributed by atoms with Crippen LogP contribution in [0.25, 0.3) is 11.2 Å². The normalized spacial score (nSPS) is 12.3. The molecular weight excluding hydrogens is 200 g/mol. The van der Waals surface area contributed by atoms with Gasteiger partial charge >= 0.3 is 0 Å². The van der Waals surface area contributed by atoms with Gasteiger partial charge in [0.05, 0.1) is 5.52 Å². The van der Waals surface area contributed by atoms with Gasteiger partial charge in [-0.05, 0) is 0 Å². The third-order valence-electron chi connectivity index (χ3n) is 1.93.